The Morgan fingerprint density at radius 1 is 1.10 bits per heavy atom. The van der Waals surface area contributed by atoms with E-state index in [1.807, 2.05) is 37.2 Å². The number of nitrogens with zero attached hydrogens (tertiary/aromatic N) is 4. The SMILES string of the molecule is COc1ccc(C(=O)N2CCC[C@@H]2c2nc(C)ncc2-c2ccncc2C)c(OC)c1. The van der Waals surface area contributed by atoms with Crippen LogP contribution < -0.4 is 9.47 Å². The molecule has 2 aromatic heterocycles. The fourth-order valence-corrected chi connectivity index (χ4v) is 4.15. The Kier molecular flexibility index (Phi) is 5.84. The molecule has 1 saturated heterocycles. The standard InChI is InChI=1S/C24H26N4O3/c1-15-13-25-10-9-18(15)20-14-26-16(2)27-23(20)21-6-5-11-28(21)24(29)19-8-7-17(30-3)12-22(19)31-4/h7-10,12-14,21H,5-6,11H2,1-4H3/t21-/m1/s1. The predicted octanol–water partition coefficient (Wildman–Crippen LogP) is 4.15. The first kappa shape index (κ1) is 20.8. The molecule has 0 aliphatic carbocycles. The summed E-state index contributed by atoms with van der Waals surface area (Å²) < 4.78 is 10.7. The second kappa shape index (κ2) is 8.71. The highest BCUT2D eigenvalue weighted by Gasteiger charge is 2.34. The van der Waals surface area contributed by atoms with E-state index in [1.54, 1.807) is 38.6 Å². The summed E-state index contributed by atoms with van der Waals surface area (Å²) in [6, 6.07) is 7.11. The molecule has 1 fully saturated rings. The van der Waals surface area contributed by atoms with E-state index in [9.17, 15) is 4.79 Å². The van der Waals surface area contributed by atoms with Gasteiger partial charge in [0.25, 0.3) is 5.91 Å². The van der Waals surface area contributed by atoms with Crippen molar-refractivity contribution in [3.8, 4) is 22.6 Å². The number of carbonyl (C=O) groups is 1. The average Bonchev–Trinajstić information content (AvgIpc) is 3.28. The van der Waals surface area contributed by atoms with E-state index >= 15 is 0 Å². The van der Waals surface area contributed by atoms with Crippen LogP contribution in [0.15, 0.2) is 42.9 Å². The Morgan fingerprint density at radius 2 is 1.94 bits per heavy atom. The van der Waals surface area contributed by atoms with E-state index in [-0.39, 0.29) is 11.9 Å². The quantitative estimate of drug-likeness (QED) is 0.619. The Hall–Kier alpha value is -3.48. The maximum atomic E-state index is 13.6. The number of carbonyl (C=O) groups excluding carboxylic acids is 1. The van der Waals surface area contributed by atoms with Gasteiger partial charge in [-0.05, 0) is 56.0 Å². The molecule has 31 heavy (non-hydrogen) atoms. The number of rotatable bonds is 5. The third kappa shape index (κ3) is 3.95. The summed E-state index contributed by atoms with van der Waals surface area (Å²) >= 11 is 0. The van der Waals surface area contributed by atoms with Crippen molar-refractivity contribution in [3.05, 3.63) is 65.5 Å². The molecule has 0 spiro atoms. The van der Waals surface area contributed by atoms with Crippen molar-refractivity contribution >= 4 is 5.91 Å². The Labute approximate surface area is 182 Å². The Bertz CT molecular complexity index is 1120. The van der Waals surface area contributed by atoms with Gasteiger partial charge in [0.15, 0.2) is 0 Å². The molecule has 1 aliphatic rings. The number of pyridine rings is 1. The number of benzene rings is 1. The number of ether oxygens (including phenoxy) is 2. The van der Waals surface area contributed by atoms with E-state index in [2.05, 4.69) is 9.97 Å². The number of hydrogen-bond donors (Lipinski definition) is 0. The summed E-state index contributed by atoms with van der Waals surface area (Å²) in [6.07, 6.45) is 7.21. The molecule has 3 heterocycles. The van der Waals surface area contributed by atoms with Crippen LogP contribution >= 0.6 is 0 Å². The summed E-state index contributed by atoms with van der Waals surface area (Å²) in [5, 5.41) is 0. The van der Waals surface area contributed by atoms with Gasteiger partial charge in [0.2, 0.25) is 0 Å². The highest BCUT2D eigenvalue weighted by Crippen LogP contribution is 2.39. The smallest absolute Gasteiger partial charge is 0.258 e. The van der Waals surface area contributed by atoms with Gasteiger partial charge < -0.3 is 14.4 Å². The zero-order valence-corrected chi connectivity index (χ0v) is 18.3. The largest absolute Gasteiger partial charge is 0.497 e. The molecule has 3 aromatic rings. The molecule has 4 rings (SSSR count). The molecule has 7 nitrogen and oxygen atoms in total. The summed E-state index contributed by atoms with van der Waals surface area (Å²) in [4.78, 5) is 28.9. The molecule has 1 amide bonds. The van der Waals surface area contributed by atoms with Crippen LogP contribution in [0.1, 0.15) is 46.3 Å². The van der Waals surface area contributed by atoms with Gasteiger partial charge in [-0.15, -0.1) is 0 Å². The van der Waals surface area contributed by atoms with Crippen molar-refractivity contribution in [1.29, 1.82) is 0 Å². The van der Waals surface area contributed by atoms with Crippen molar-refractivity contribution in [2.75, 3.05) is 20.8 Å². The molecule has 0 bridgehead atoms. The van der Waals surface area contributed by atoms with Crippen LogP contribution in [0, 0.1) is 13.8 Å². The minimum atomic E-state index is -0.136. The number of likely N-dealkylation sites (tertiary alicyclic amines) is 1. The average molecular weight is 418 g/mol. The van der Waals surface area contributed by atoms with Crippen molar-refractivity contribution in [2.45, 2.75) is 32.7 Å². The fourth-order valence-electron chi connectivity index (χ4n) is 4.15. The van der Waals surface area contributed by atoms with E-state index < -0.39 is 0 Å². The summed E-state index contributed by atoms with van der Waals surface area (Å²) in [7, 11) is 3.15. The van der Waals surface area contributed by atoms with Crippen molar-refractivity contribution in [1.82, 2.24) is 19.9 Å². The van der Waals surface area contributed by atoms with E-state index in [0.717, 1.165) is 35.2 Å². The topological polar surface area (TPSA) is 77.4 Å². The minimum absolute atomic E-state index is 0.0735. The van der Waals surface area contributed by atoms with Gasteiger partial charge in [0.1, 0.15) is 17.3 Å². The first-order chi connectivity index (χ1) is 15.0. The minimum Gasteiger partial charge on any atom is -0.497 e. The van der Waals surface area contributed by atoms with Crippen LogP contribution in [0.5, 0.6) is 11.5 Å². The molecule has 1 aliphatic heterocycles. The highest BCUT2D eigenvalue weighted by atomic mass is 16.5. The lowest BCUT2D eigenvalue weighted by molar-refractivity contribution is 0.0729. The van der Waals surface area contributed by atoms with E-state index in [4.69, 9.17) is 14.5 Å². The number of hydrogen-bond acceptors (Lipinski definition) is 6. The molecule has 0 saturated carbocycles. The molecular weight excluding hydrogens is 392 g/mol. The van der Waals surface area contributed by atoms with Gasteiger partial charge in [0.05, 0.1) is 31.5 Å². The summed E-state index contributed by atoms with van der Waals surface area (Å²) in [5.41, 5.74) is 4.41. The lowest BCUT2D eigenvalue weighted by Gasteiger charge is -2.27. The zero-order valence-electron chi connectivity index (χ0n) is 18.3. The van der Waals surface area contributed by atoms with Crippen LogP contribution in [-0.4, -0.2) is 46.5 Å². The molecule has 160 valence electrons. The first-order valence-corrected chi connectivity index (χ1v) is 10.3. The van der Waals surface area contributed by atoms with Crippen LogP contribution in [0.25, 0.3) is 11.1 Å². The van der Waals surface area contributed by atoms with Crippen molar-refractivity contribution in [2.24, 2.45) is 0 Å². The molecule has 0 N–H and O–H groups in total. The maximum absolute atomic E-state index is 13.6. The molecule has 0 radical (unpaired) electrons. The number of methoxy groups -OCH3 is 2. The predicted molar refractivity (Wildman–Crippen MR) is 117 cm³/mol. The Morgan fingerprint density at radius 3 is 2.68 bits per heavy atom. The summed E-state index contributed by atoms with van der Waals surface area (Å²) in [5.74, 6) is 1.76. The highest BCUT2D eigenvalue weighted by molar-refractivity contribution is 5.97. The molecule has 0 unspecified atom stereocenters. The van der Waals surface area contributed by atoms with Crippen LogP contribution in [-0.2, 0) is 0 Å². The molecule has 1 aromatic carbocycles. The second-order valence-electron chi connectivity index (χ2n) is 7.63. The van der Waals surface area contributed by atoms with E-state index in [0.29, 0.717) is 29.4 Å². The zero-order chi connectivity index (χ0) is 22.0. The van der Waals surface area contributed by atoms with Gasteiger partial charge in [-0.2, -0.15) is 0 Å². The van der Waals surface area contributed by atoms with E-state index in [1.165, 1.54) is 0 Å². The monoisotopic (exact) mass is 418 g/mol. The number of aryl methyl sites for hydroxylation is 2. The Balaban J connectivity index is 1.76. The third-order valence-electron chi connectivity index (χ3n) is 5.72. The maximum Gasteiger partial charge on any atom is 0.258 e. The number of aromatic nitrogens is 3. The summed E-state index contributed by atoms with van der Waals surface area (Å²) in [6.45, 7) is 4.56. The van der Waals surface area contributed by atoms with Gasteiger partial charge in [-0.25, -0.2) is 9.97 Å². The van der Waals surface area contributed by atoms with Crippen LogP contribution in [0.3, 0.4) is 0 Å². The van der Waals surface area contributed by atoms with Crippen molar-refractivity contribution in [3.63, 3.8) is 0 Å². The molecular formula is C24H26N4O3. The molecule has 1 atom stereocenters. The van der Waals surface area contributed by atoms with Gasteiger partial charge in [0, 0.05) is 36.8 Å². The van der Waals surface area contributed by atoms with Gasteiger partial charge >= 0.3 is 0 Å². The second-order valence-corrected chi connectivity index (χ2v) is 7.63. The van der Waals surface area contributed by atoms with Crippen LogP contribution in [0.2, 0.25) is 0 Å². The fraction of sp³-hybridized carbons (Fsp3) is 0.333. The van der Waals surface area contributed by atoms with Crippen molar-refractivity contribution < 1.29 is 14.3 Å². The lowest BCUT2D eigenvalue weighted by atomic mass is 9.97. The third-order valence-corrected chi connectivity index (χ3v) is 5.72. The molecule has 7 heteroatoms. The van der Waals surface area contributed by atoms with Gasteiger partial charge in [-0.3, -0.25) is 9.78 Å². The lowest BCUT2D eigenvalue weighted by Crippen LogP contribution is -2.31. The van der Waals surface area contributed by atoms with Gasteiger partial charge in [-0.1, -0.05) is 0 Å². The first-order valence-electron chi connectivity index (χ1n) is 10.3. The number of amides is 1. The van der Waals surface area contributed by atoms with Crippen LogP contribution in [0.4, 0.5) is 0 Å². The normalized spacial score (nSPS) is 15.7.